The van der Waals surface area contributed by atoms with Crippen LogP contribution < -0.4 is 10.2 Å². The summed E-state index contributed by atoms with van der Waals surface area (Å²) in [7, 11) is 0. The van der Waals surface area contributed by atoms with E-state index < -0.39 is 0 Å². The minimum atomic E-state index is -0.188. The minimum Gasteiger partial charge on any atom is -0.455 e. The van der Waals surface area contributed by atoms with Gasteiger partial charge >= 0.3 is 0 Å². The highest BCUT2D eigenvalue weighted by atomic mass is 16.3. The average Bonchev–Trinajstić information content (AvgIpc) is 3.84. The number of nitrogens with zero attached hydrogens (tertiary/aromatic N) is 1. The van der Waals surface area contributed by atoms with Crippen molar-refractivity contribution in [1.29, 1.82) is 0 Å². The van der Waals surface area contributed by atoms with Gasteiger partial charge in [0, 0.05) is 61.0 Å². The number of nitrogens with one attached hydrogen (secondary N) is 1. The molecule has 57 heavy (non-hydrogen) atoms. The number of para-hydroxylation sites is 4. The molecule has 8 aromatic carbocycles. The Morgan fingerprint density at radius 1 is 0.456 bits per heavy atom. The first kappa shape index (κ1) is 33.9. The second kappa shape index (κ2) is 13.9. The Hall–Kier alpha value is -7.63. The van der Waals surface area contributed by atoms with E-state index in [1.165, 1.54) is 0 Å². The zero-order valence-electron chi connectivity index (χ0n) is 31.2. The van der Waals surface area contributed by atoms with Gasteiger partial charge in [0.2, 0.25) is 0 Å². The number of anilines is 4. The van der Waals surface area contributed by atoms with Crippen LogP contribution in [0.15, 0.2) is 203 Å². The molecular formula is C52H36N2O3. The van der Waals surface area contributed by atoms with Crippen LogP contribution in [-0.2, 0) is 4.79 Å². The first-order valence-corrected chi connectivity index (χ1v) is 19.0. The van der Waals surface area contributed by atoms with E-state index in [9.17, 15) is 4.79 Å². The van der Waals surface area contributed by atoms with Gasteiger partial charge in [0.25, 0.3) is 5.91 Å². The highest BCUT2D eigenvalue weighted by molar-refractivity contribution is 6.10. The molecule has 5 nitrogen and oxygen atoms in total. The Balaban J connectivity index is 1.02. The molecule has 0 saturated carbocycles. The predicted octanol–water partition coefficient (Wildman–Crippen LogP) is 14.5. The lowest BCUT2D eigenvalue weighted by molar-refractivity contribution is -0.112. The third-order valence-corrected chi connectivity index (χ3v) is 10.7. The Kier molecular flexibility index (Phi) is 8.27. The van der Waals surface area contributed by atoms with Crippen LogP contribution in [0.5, 0.6) is 0 Å². The van der Waals surface area contributed by atoms with Crippen LogP contribution in [0.25, 0.3) is 77.3 Å². The summed E-state index contributed by atoms with van der Waals surface area (Å²) in [5.74, 6) is -0.188. The summed E-state index contributed by atoms with van der Waals surface area (Å²) in [6.07, 6.45) is 0. The number of carbonyl (C=O) groups excluding carboxylic acids is 1. The summed E-state index contributed by atoms with van der Waals surface area (Å²) in [5.41, 5.74) is 14.2. The summed E-state index contributed by atoms with van der Waals surface area (Å²) < 4.78 is 12.8. The van der Waals surface area contributed by atoms with Crippen LogP contribution in [-0.4, -0.2) is 5.91 Å². The first-order chi connectivity index (χ1) is 28.0. The van der Waals surface area contributed by atoms with Crippen molar-refractivity contribution in [3.63, 3.8) is 0 Å². The van der Waals surface area contributed by atoms with Gasteiger partial charge in [-0.2, -0.15) is 0 Å². The molecule has 0 aliphatic carbocycles. The number of fused-ring (bicyclic) bond motifs is 6. The molecule has 0 radical (unpaired) electrons. The monoisotopic (exact) mass is 736 g/mol. The van der Waals surface area contributed by atoms with E-state index in [4.69, 9.17) is 8.83 Å². The molecular weight excluding hydrogens is 701 g/mol. The smallest absolute Gasteiger partial charge is 0.250 e. The molecule has 0 unspecified atom stereocenters. The van der Waals surface area contributed by atoms with Gasteiger partial charge in [0.15, 0.2) is 0 Å². The van der Waals surface area contributed by atoms with Gasteiger partial charge in [-0.1, -0.05) is 128 Å². The van der Waals surface area contributed by atoms with E-state index in [0.717, 1.165) is 100 Å². The van der Waals surface area contributed by atoms with E-state index in [0.29, 0.717) is 5.57 Å². The van der Waals surface area contributed by atoms with Gasteiger partial charge < -0.3 is 19.1 Å². The fourth-order valence-electron chi connectivity index (χ4n) is 7.76. The van der Waals surface area contributed by atoms with Crippen molar-refractivity contribution in [1.82, 2.24) is 0 Å². The summed E-state index contributed by atoms with van der Waals surface area (Å²) in [5, 5.41) is 7.34. The minimum absolute atomic E-state index is 0.188. The second-order valence-corrected chi connectivity index (χ2v) is 14.3. The number of hydrogen-bond donors (Lipinski definition) is 1. The van der Waals surface area contributed by atoms with Crippen molar-refractivity contribution in [3.05, 3.63) is 194 Å². The fraction of sp³-hybridized carbons (Fsp3) is 0.0192. The van der Waals surface area contributed by atoms with Crippen molar-refractivity contribution < 1.29 is 13.6 Å². The highest BCUT2D eigenvalue weighted by Crippen LogP contribution is 2.41. The van der Waals surface area contributed by atoms with Gasteiger partial charge in [-0.15, -0.1) is 0 Å². The number of carbonyl (C=O) groups is 1. The van der Waals surface area contributed by atoms with Crippen molar-refractivity contribution in [2.75, 3.05) is 10.2 Å². The van der Waals surface area contributed by atoms with E-state index >= 15 is 0 Å². The number of hydrogen-bond acceptors (Lipinski definition) is 4. The molecule has 5 heteroatoms. The third-order valence-electron chi connectivity index (χ3n) is 10.7. The molecule has 2 heterocycles. The third kappa shape index (κ3) is 6.12. The molecule has 0 saturated heterocycles. The molecule has 0 aliphatic rings. The second-order valence-electron chi connectivity index (χ2n) is 14.3. The standard InChI is InChI=1S/C52H36N2O3/c1-33(2)52(55)53-38-25-17-34(18-26-38)35-19-27-39(28-20-35)54(40-29-21-36(22-30-40)42-11-7-13-46-44-9-3-5-15-48(44)56-50(42)46)41-31-23-37(24-32-41)43-12-8-14-47-45-10-4-6-16-49(45)57-51(43)47/h3-32H,1H2,2H3,(H,53,55). The molecule has 2 aromatic heterocycles. The maximum absolute atomic E-state index is 12.1. The van der Waals surface area contributed by atoms with E-state index in [1.54, 1.807) is 6.92 Å². The Morgan fingerprint density at radius 3 is 1.28 bits per heavy atom. The largest absolute Gasteiger partial charge is 0.455 e. The van der Waals surface area contributed by atoms with Gasteiger partial charge in [0.05, 0.1) is 0 Å². The zero-order valence-corrected chi connectivity index (χ0v) is 31.2. The molecule has 0 atom stereocenters. The SMILES string of the molecule is C=C(C)C(=O)Nc1ccc(-c2ccc(N(c3ccc(-c4cccc5c4oc4ccccc45)cc3)c3ccc(-c4cccc5c4oc4ccccc45)cc3)cc2)cc1. The van der Waals surface area contributed by atoms with Crippen molar-refractivity contribution in [3.8, 4) is 33.4 Å². The van der Waals surface area contributed by atoms with Crippen LogP contribution >= 0.6 is 0 Å². The Labute approximate surface area is 329 Å². The van der Waals surface area contributed by atoms with E-state index in [1.807, 2.05) is 60.7 Å². The number of furan rings is 2. The number of rotatable bonds is 8. The molecule has 10 rings (SSSR count). The van der Waals surface area contributed by atoms with E-state index in [-0.39, 0.29) is 5.91 Å². The molecule has 1 N–H and O–H groups in total. The van der Waals surface area contributed by atoms with Crippen molar-refractivity contribution >= 4 is 72.5 Å². The number of benzene rings is 8. The maximum atomic E-state index is 12.1. The van der Waals surface area contributed by atoms with Crippen LogP contribution in [0.2, 0.25) is 0 Å². The lowest BCUT2D eigenvalue weighted by atomic mass is 10.0. The normalized spacial score (nSPS) is 11.4. The molecule has 0 fully saturated rings. The van der Waals surface area contributed by atoms with Crippen LogP contribution in [0, 0.1) is 0 Å². The fourth-order valence-corrected chi connectivity index (χ4v) is 7.76. The Bertz CT molecular complexity index is 2960. The topological polar surface area (TPSA) is 58.6 Å². The van der Waals surface area contributed by atoms with E-state index in [2.05, 4.69) is 138 Å². The van der Waals surface area contributed by atoms with Gasteiger partial charge in [0.1, 0.15) is 22.3 Å². The lowest BCUT2D eigenvalue weighted by Crippen LogP contribution is -2.11. The molecule has 0 bridgehead atoms. The van der Waals surface area contributed by atoms with Gasteiger partial charge in [-0.05, 0) is 89.8 Å². The average molecular weight is 737 g/mol. The quantitative estimate of drug-likeness (QED) is 0.158. The molecule has 10 aromatic rings. The molecule has 1 amide bonds. The molecule has 0 spiro atoms. The molecule has 272 valence electrons. The van der Waals surface area contributed by atoms with Crippen LogP contribution in [0.3, 0.4) is 0 Å². The molecule has 0 aliphatic heterocycles. The Morgan fingerprint density at radius 2 is 0.842 bits per heavy atom. The maximum Gasteiger partial charge on any atom is 0.250 e. The summed E-state index contributed by atoms with van der Waals surface area (Å²) in [6, 6.07) is 62.9. The van der Waals surface area contributed by atoms with Crippen LogP contribution in [0.4, 0.5) is 22.7 Å². The lowest BCUT2D eigenvalue weighted by Gasteiger charge is -2.26. The summed E-state index contributed by atoms with van der Waals surface area (Å²) >= 11 is 0. The number of amides is 1. The first-order valence-electron chi connectivity index (χ1n) is 19.0. The summed E-state index contributed by atoms with van der Waals surface area (Å²) in [4.78, 5) is 14.4. The summed E-state index contributed by atoms with van der Waals surface area (Å²) in [6.45, 7) is 5.43. The van der Waals surface area contributed by atoms with Crippen molar-refractivity contribution in [2.24, 2.45) is 0 Å². The van der Waals surface area contributed by atoms with Gasteiger partial charge in [-0.25, -0.2) is 0 Å². The highest BCUT2D eigenvalue weighted by Gasteiger charge is 2.17. The van der Waals surface area contributed by atoms with Gasteiger partial charge in [-0.3, -0.25) is 4.79 Å². The zero-order chi connectivity index (χ0) is 38.5. The van der Waals surface area contributed by atoms with Crippen molar-refractivity contribution in [2.45, 2.75) is 6.92 Å². The van der Waals surface area contributed by atoms with Crippen LogP contribution in [0.1, 0.15) is 6.92 Å². The predicted molar refractivity (Wildman–Crippen MR) is 235 cm³/mol.